The zero-order valence-electron chi connectivity index (χ0n) is 9.97. The van der Waals surface area contributed by atoms with E-state index in [0.717, 1.165) is 12.1 Å². The summed E-state index contributed by atoms with van der Waals surface area (Å²) in [6.45, 7) is 8.26. The van der Waals surface area contributed by atoms with Crippen LogP contribution in [0.5, 0.6) is 0 Å². The van der Waals surface area contributed by atoms with Crippen LogP contribution in [0, 0.1) is 18.7 Å². The molecule has 0 saturated heterocycles. The zero-order chi connectivity index (χ0) is 11.4. The van der Waals surface area contributed by atoms with Crippen LogP contribution in [0.25, 0.3) is 0 Å². The third-order valence-electron chi connectivity index (χ3n) is 2.77. The molecule has 0 bridgehead atoms. The lowest BCUT2D eigenvalue weighted by Crippen LogP contribution is -2.24. The van der Waals surface area contributed by atoms with E-state index in [2.05, 4.69) is 26.1 Å². The molecule has 1 N–H and O–H groups in total. The second-order valence-electron chi connectivity index (χ2n) is 4.37. The van der Waals surface area contributed by atoms with Crippen LogP contribution in [0.3, 0.4) is 0 Å². The van der Waals surface area contributed by atoms with Gasteiger partial charge in [-0.15, -0.1) is 0 Å². The third-order valence-corrected chi connectivity index (χ3v) is 2.77. The number of nitrogens with one attached hydrogen (secondary N) is 1. The number of benzene rings is 1. The van der Waals surface area contributed by atoms with Crippen molar-refractivity contribution in [3.63, 3.8) is 0 Å². The molecule has 1 unspecified atom stereocenters. The fourth-order valence-electron chi connectivity index (χ4n) is 1.64. The Labute approximate surface area is 91.7 Å². The Kier molecular flexibility index (Phi) is 4.13. The Bertz CT molecular complexity index is 320. The molecule has 1 atom stereocenters. The van der Waals surface area contributed by atoms with E-state index in [1.54, 1.807) is 13.0 Å². The van der Waals surface area contributed by atoms with Crippen LogP contribution in [0.1, 0.15) is 32.8 Å². The molecular formula is C13H20FN. The summed E-state index contributed by atoms with van der Waals surface area (Å²) < 4.78 is 13.3. The highest BCUT2D eigenvalue weighted by Gasteiger charge is 2.10. The van der Waals surface area contributed by atoms with E-state index in [4.69, 9.17) is 0 Å². The molecule has 2 heteroatoms. The lowest BCUT2D eigenvalue weighted by Gasteiger charge is -2.22. The van der Waals surface area contributed by atoms with Gasteiger partial charge in [0.1, 0.15) is 5.82 Å². The van der Waals surface area contributed by atoms with Gasteiger partial charge >= 0.3 is 0 Å². The van der Waals surface area contributed by atoms with Gasteiger partial charge in [0.2, 0.25) is 0 Å². The minimum atomic E-state index is -0.140. The van der Waals surface area contributed by atoms with Crippen LogP contribution in [-0.2, 0) is 0 Å². The Balaban J connectivity index is 2.75. The van der Waals surface area contributed by atoms with Crippen LogP contribution >= 0.6 is 0 Å². The molecule has 0 spiro atoms. The molecule has 0 aromatic heterocycles. The van der Waals surface area contributed by atoms with Crippen molar-refractivity contribution < 1.29 is 4.39 Å². The van der Waals surface area contributed by atoms with E-state index in [0.29, 0.717) is 17.5 Å². The highest BCUT2D eigenvalue weighted by molar-refractivity contribution is 5.46. The molecule has 0 amide bonds. The third kappa shape index (κ3) is 3.22. The zero-order valence-corrected chi connectivity index (χ0v) is 9.97. The maximum absolute atomic E-state index is 13.3. The number of hydrogen-bond acceptors (Lipinski definition) is 1. The second-order valence-corrected chi connectivity index (χ2v) is 4.37. The van der Waals surface area contributed by atoms with Crippen LogP contribution in [0.2, 0.25) is 0 Å². The standard InChI is InChI=1S/C13H20FN/c1-5-13(9(2)3)15-11-7-6-10(4)12(14)8-11/h6-9,13,15H,5H2,1-4H3. The van der Waals surface area contributed by atoms with Crippen molar-refractivity contribution in [2.75, 3.05) is 5.32 Å². The predicted molar refractivity (Wildman–Crippen MR) is 63.7 cm³/mol. The van der Waals surface area contributed by atoms with Gasteiger partial charge in [-0.25, -0.2) is 4.39 Å². The molecule has 1 rings (SSSR count). The Morgan fingerprint density at radius 2 is 2.00 bits per heavy atom. The summed E-state index contributed by atoms with van der Waals surface area (Å²) in [7, 11) is 0. The quantitative estimate of drug-likeness (QED) is 0.791. The Morgan fingerprint density at radius 3 is 2.47 bits per heavy atom. The van der Waals surface area contributed by atoms with Crippen molar-refractivity contribution in [1.82, 2.24) is 0 Å². The molecule has 1 aromatic carbocycles. The van der Waals surface area contributed by atoms with E-state index in [9.17, 15) is 4.39 Å². The summed E-state index contributed by atoms with van der Waals surface area (Å²) in [4.78, 5) is 0. The SMILES string of the molecule is CCC(Nc1ccc(C)c(F)c1)C(C)C. The van der Waals surface area contributed by atoms with Crippen molar-refractivity contribution in [3.05, 3.63) is 29.6 Å². The smallest absolute Gasteiger partial charge is 0.128 e. The van der Waals surface area contributed by atoms with E-state index < -0.39 is 0 Å². The van der Waals surface area contributed by atoms with Crippen LogP contribution in [-0.4, -0.2) is 6.04 Å². The minimum Gasteiger partial charge on any atom is -0.382 e. The van der Waals surface area contributed by atoms with Crippen molar-refractivity contribution in [1.29, 1.82) is 0 Å². The van der Waals surface area contributed by atoms with Crippen molar-refractivity contribution in [3.8, 4) is 0 Å². The maximum Gasteiger partial charge on any atom is 0.128 e. The average molecular weight is 209 g/mol. The highest BCUT2D eigenvalue weighted by atomic mass is 19.1. The molecule has 0 aliphatic rings. The van der Waals surface area contributed by atoms with Gasteiger partial charge in [-0.05, 0) is 37.0 Å². The fraction of sp³-hybridized carbons (Fsp3) is 0.538. The Hall–Kier alpha value is -1.05. The molecule has 84 valence electrons. The first-order valence-electron chi connectivity index (χ1n) is 5.57. The number of rotatable bonds is 4. The second kappa shape index (κ2) is 5.15. The van der Waals surface area contributed by atoms with Gasteiger partial charge in [-0.1, -0.05) is 26.8 Å². The molecule has 0 fully saturated rings. The summed E-state index contributed by atoms with van der Waals surface area (Å²) in [6.07, 6.45) is 1.05. The van der Waals surface area contributed by atoms with Crippen molar-refractivity contribution >= 4 is 5.69 Å². The molecule has 0 heterocycles. The lowest BCUT2D eigenvalue weighted by atomic mass is 10.0. The topological polar surface area (TPSA) is 12.0 Å². The molecule has 0 aliphatic heterocycles. The summed E-state index contributed by atoms with van der Waals surface area (Å²) in [6, 6.07) is 5.72. The first kappa shape index (κ1) is 12.0. The minimum absolute atomic E-state index is 0.140. The van der Waals surface area contributed by atoms with Gasteiger partial charge in [0.15, 0.2) is 0 Å². The predicted octanol–water partition coefficient (Wildman–Crippen LogP) is 3.98. The van der Waals surface area contributed by atoms with Gasteiger partial charge in [0.25, 0.3) is 0 Å². The van der Waals surface area contributed by atoms with Gasteiger partial charge < -0.3 is 5.32 Å². The largest absolute Gasteiger partial charge is 0.382 e. The van der Waals surface area contributed by atoms with Gasteiger partial charge in [0.05, 0.1) is 0 Å². The normalized spacial score (nSPS) is 12.9. The molecule has 0 saturated carbocycles. The lowest BCUT2D eigenvalue weighted by molar-refractivity contribution is 0.510. The van der Waals surface area contributed by atoms with E-state index in [1.165, 1.54) is 0 Å². The molecule has 0 radical (unpaired) electrons. The highest BCUT2D eigenvalue weighted by Crippen LogP contribution is 2.17. The molecule has 0 aliphatic carbocycles. The average Bonchev–Trinajstić information content (AvgIpc) is 2.19. The van der Waals surface area contributed by atoms with Crippen LogP contribution in [0.4, 0.5) is 10.1 Å². The first-order chi connectivity index (χ1) is 7.04. The van der Waals surface area contributed by atoms with E-state index in [-0.39, 0.29) is 5.82 Å². The van der Waals surface area contributed by atoms with Gasteiger partial charge in [-0.3, -0.25) is 0 Å². The fourth-order valence-corrected chi connectivity index (χ4v) is 1.64. The molecule has 1 aromatic rings. The summed E-state index contributed by atoms with van der Waals surface area (Å²) in [5.41, 5.74) is 1.57. The molecule has 1 nitrogen and oxygen atoms in total. The van der Waals surface area contributed by atoms with Crippen LogP contribution in [0.15, 0.2) is 18.2 Å². The Morgan fingerprint density at radius 1 is 1.33 bits per heavy atom. The van der Waals surface area contributed by atoms with Gasteiger partial charge in [0, 0.05) is 11.7 Å². The number of halogens is 1. The molecule has 15 heavy (non-hydrogen) atoms. The van der Waals surface area contributed by atoms with E-state index in [1.807, 2.05) is 12.1 Å². The number of aryl methyl sites for hydroxylation is 1. The molecular weight excluding hydrogens is 189 g/mol. The summed E-state index contributed by atoms with van der Waals surface area (Å²) >= 11 is 0. The summed E-state index contributed by atoms with van der Waals surface area (Å²) in [5, 5.41) is 3.36. The van der Waals surface area contributed by atoms with Gasteiger partial charge in [-0.2, -0.15) is 0 Å². The summed E-state index contributed by atoms with van der Waals surface area (Å²) in [5.74, 6) is 0.415. The first-order valence-corrected chi connectivity index (χ1v) is 5.57. The van der Waals surface area contributed by atoms with Crippen molar-refractivity contribution in [2.45, 2.75) is 40.2 Å². The number of hydrogen-bond donors (Lipinski definition) is 1. The monoisotopic (exact) mass is 209 g/mol. The van der Waals surface area contributed by atoms with Crippen LogP contribution < -0.4 is 5.32 Å². The van der Waals surface area contributed by atoms with Crippen molar-refractivity contribution in [2.24, 2.45) is 5.92 Å². The number of anilines is 1. The maximum atomic E-state index is 13.3. The van der Waals surface area contributed by atoms with E-state index >= 15 is 0 Å².